The summed E-state index contributed by atoms with van der Waals surface area (Å²) in [6, 6.07) is 0. The zero-order valence-electron chi connectivity index (χ0n) is 5.89. The summed E-state index contributed by atoms with van der Waals surface area (Å²) < 4.78 is 0. The molecule has 4 nitrogen and oxygen atoms in total. The molecule has 0 rings (SSSR count). The molecule has 0 aliphatic heterocycles. The van der Waals surface area contributed by atoms with Crippen molar-refractivity contribution < 1.29 is 14.7 Å². The Hall–Kier alpha value is -0.900. The standard InChI is InChI=1S/C6H11NO3/c1-5(9)4-6(10)7-2-3-8/h8H,2-4H2,1H3,(H,7,10). The van der Waals surface area contributed by atoms with Crippen LogP contribution in [0.3, 0.4) is 0 Å². The second kappa shape index (κ2) is 4.93. The molecule has 0 saturated carbocycles. The third-order valence-electron chi connectivity index (χ3n) is 0.843. The number of ketones is 1. The van der Waals surface area contributed by atoms with Gasteiger partial charge in [-0.25, -0.2) is 0 Å². The van der Waals surface area contributed by atoms with E-state index < -0.39 is 0 Å². The van der Waals surface area contributed by atoms with Crippen LogP contribution in [-0.4, -0.2) is 29.9 Å². The van der Waals surface area contributed by atoms with Crippen molar-refractivity contribution in [1.82, 2.24) is 5.32 Å². The molecule has 0 radical (unpaired) electrons. The fourth-order valence-corrected chi connectivity index (χ4v) is 0.484. The van der Waals surface area contributed by atoms with E-state index in [0.717, 1.165) is 0 Å². The van der Waals surface area contributed by atoms with Crippen molar-refractivity contribution in [3.8, 4) is 0 Å². The Morgan fingerprint density at radius 3 is 2.50 bits per heavy atom. The zero-order valence-corrected chi connectivity index (χ0v) is 5.89. The van der Waals surface area contributed by atoms with Gasteiger partial charge in [-0.05, 0) is 6.92 Å². The van der Waals surface area contributed by atoms with Crippen LogP contribution in [-0.2, 0) is 9.59 Å². The molecule has 0 atom stereocenters. The van der Waals surface area contributed by atoms with Crippen molar-refractivity contribution in [3.63, 3.8) is 0 Å². The third-order valence-corrected chi connectivity index (χ3v) is 0.843. The van der Waals surface area contributed by atoms with Gasteiger partial charge in [-0.3, -0.25) is 9.59 Å². The normalized spacial score (nSPS) is 9.00. The lowest BCUT2D eigenvalue weighted by molar-refractivity contribution is -0.127. The van der Waals surface area contributed by atoms with E-state index in [9.17, 15) is 9.59 Å². The van der Waals surface area contributed by atoms with Gasteiger partial charge in [-0.2, -0.15) is 0 Å². The van der Waals surface area contributed by atoms with Crippen molar-refractivity contribution >= 4 is 11.7 Å². The van der Waals surface area contributed by atoms with Crippen LogP contribution >= 0.6 is 0 Å². The number of carbonyl (C=O) groups is 2. The molecular weight excluding hydrogens is 134 g/mol. The average Bonchev–Trinajstić information content (AvgIpc) is 1.82. The zero-order chi connectivity index (χ0) is 7.98. The van der Waals surface area contributed by atoms with Crippen LogP contribution in [0.25, 0.3) is 0 Å². The lowest BCUT2D eigenvalue weighted by atomic mass is 10.3. The summed E-state index contributed by atoms with van der Waals surface area (Å²) in [5, 5.41) is 10.6. The smallest absolute Gasteiger partial charge is 0.227 e. The summed E-state index contributed by atoms with van der Waals surface area (Å²) in [4.78, 5) is 20.9. The number of carbonyl (C=O) groups excluding carboxylic acids is 2. The molecule has 4 heteroatoms. The number of aliphatic hydroxyl groups is 1. The van der Waals surface area contributed by atoms with Crippen molar-refractivity contribution in [2.45, 2.75) is 13.3 Å². The Bertz CT molecular complexity index is 133. The number of amides is 1. The van der Waals surface area contributed by atoms with E-state index in [1.807, 2.05) is 0 Å². The topological polar surface area (TPSA) is 66.4 Å². The maximum Gasteiger partial charge on any atom is 0.227 e. The van der Waals surface area contributed by atoms with Crippen LogP contribution in [0, 0.1) is 0 Å². The highest BCUT2D eigenvalue weighted by Gasteiger charge is 2.01. The highest BCUT2D eigenvalue weighted by Crippen LogP contribution is 1.79. The molecule has 2 N–H and O–H groups in total. The fraction of sp³-hybridized carbons (Fsp3) is 0.667. The summed E-state index contributed by atoms with van der Waals surface area (Å²) in [5.41, 5.74) is 0. The second-order valence-corrected chi connectivity index (χ2v) is 1.95. The Kier molecular flexibility index (Phi) is 4.49. The Morgan fingerprint density at radius 2 is 2.10 bits per heavy atom. The van der Waals surface area contributed by atoms with E-state index >= 15 is 0 Å². The first-order valence-corrected chi connectivity index (χ1v) is 3.04. The van der Waals surface area contributed by atoms with Crippen LogP contribution in [0.15, 0.2) is 0 Å². The lowest BCUT2D eigenvalue weighted by Crippen LogP contribution is -2.27. The van der Waals surface area contributed by atoms with Gasteiger partial charge in [-0.15, -0.1) is 0 Å². The van der Waals surface area contributed by atoms with E-state index in [4.69, 9.17) is 5.11 Å². The predicted octanol–water partition coefficient (Wildman–Crippen LogP) is -0.926. The molecule has 0 fully saturated rings. The fourth-order valence-electron chi connectivity index (χ4n) is 0.484. The molecule has 0 bridgehead atoms. The minimum absolute atomic E-state index is 0.0936. The van der Waals surface area contributed by atoms with Gasteiger partial charge in [0.2, 0.25) is 5.91 Å². The van der Waals surface area contributed by atoms with E-state index in [-0.39, 0.29) is 31.3 Å². The summed E-state index contributed by atoms with van der Waals surface area (Å²) >= 11 is 0. The van der Waals surface area contributed by atoms with Gasteiger partial charge in [0.15, 0.2) is 0 Å². The molecule has 0 aromatic heterocycles. The molecule has 0 aromatic rings. The minimum atomic E-state index is -0.332. The van der Waals surface area contributed by atoms with E-state index in [2.05, 4.69) is 5.32 Å². The summed E-state index contributed by atoms with van der Waals surface area (Å²) in [5.74, 6) is -0.503. The van der Waals surface area contributed by atoms with Gasteiger partial charge < -0.3 is 10.4 Å². The quantitative estimate of drug-likeness (QED) is 0.502. The van der Waals surface area contributed by atoms with Gasteiger partial charge in [-0.1, -0.05) is 0 Å². The summed E-state index contributed by atoms with van der Waals surface area (Å²) in [7, 11) is 0. The van der Waals surface area contributed by atoms with Crippen LogP contribution in [0.4, 0.5) is 0 Å². The maximum absolute atomic E-state index is 10.6. The van der Waals surface area contributed by atoms with Gasteiger partial charge >= 0.3 is 0 Å². The second-order valence-electron chi connectivity index (χ2n) is 1.95. The van der Waals surface area contributed by atoms with Crippen LogP contribution < -0.4 is 5.32 Å². The number of hydrogen-bond acceptors (Lipinski definition) is 3. The molecule has 58 valence electrons. The van der Waals surface area contributed by atoms with Crippen molar-refractivity contribution in [2.75, 3.05) is 13.2 Å². The van der Waals surface area contributed by atoms with Gasteiger partial charge in [0, 0.05) is 6.54 Å². The Morgan fingerprint density at radius 1 is 1.50 bits per heavy atom. The van der Waals surface area contributed by atoms with Crippen LogP contribution in [0.2, 0.25) is 0 Å². The molecule has 0 saturated heterocycles. The first kappa shape index (κ1) is 9.10. The predicted molar refractivity (Wildman–Crippen MR) is 35.4 cm³/mol. The third kappa shape index (κ3) is 5.24. The lowest BCUT2D eigenvalue weighted by Gasteiger charge is -1.98. The van der Waals surface area contributed by atoms with Crippen LogP contribution in [0.5, 0.6) is 0 Å². The van der Waals surface area contributed by atoms with E-state index in [1.54, 1.807) is 0 Å². The Labute approximate surface area is 59.2 Å². The van der Waals surface area contributed by atoms with E-state index in [1.165, 1.54) is 6.92 Å². The molecule has 1 amide bonds. The van der Waals surface area contributed by atoms with Gasteiger partial charge in [0.05, 0.1) is 13.0 Å². The number of rotatable bonds is 4. The molecule has 0 aliphatic rings. The molecule has 0 aromatic carbocycles. The number of hydrogen-bond donors (Lipinski definition) is 2. The summed E-state index contributed by atoms with van der Waals surface area (Å²) in [6.45, 7) is 1.47. The number of Topliss-reactive ketones (excluding diaryl/α,β-unsaturated/α-hetero) is 1. The molecule has 0 unspecified atom stereocenters. The Balaban J connectivity index is 3.35. The largest absolute Gasteiger partial charge is 0.395 e. The highest BCUT2D eigenvalue weighted by molar-refractivity contribution is 5.96. The minimum Gasteiger partial charge on any atom is -0.395 e. The highest BCUT2D eigenvalue weighted by atomic mass is 16.3. The summed E-state index contributed by atoms with van der Waals surface area (Å²) in [6.07, 6.45) is -0.0972. The molecule has 0 spiro atoms. The van der Waals surface area contributed by atoms with Gasteiger partial charge in [0.25, 0.3) is 0 Å². The first-order chi connectivity index (χ1) is 4.66. The van der Waals surface area contributed by atoms with Crippen molar-refractivity contribution in [1.29, 1.82) is 0 Å². The van der Waals surface area contributed by atoms with Gasteiger partial charge in [0.1, 0.15) is 5.78 Å². The monoisotopic (exact) mass is 145 g/mol. The number of nitrogens with one attached hydrogen (secondary N) is 1. The first-order valence-electron chi connectivity index (χ1n) is 3.04. The maximum atomic E-state index is 10.6. The van der Waals surface area contributed by atoms with E-state index in [0.29, 0.717) is 0 Å². The number of aliphatic hydroxyl groups excluding tert-OH is 1. The molecule has 0 heterocycles. The van der Waals surface area contributed by atoms with Crippen LogP contribution in [0.1, 0.15) is 13.3 Å². The van der Waals surface area contributed by atoms with Crippen molar-refractivity contribution in [3.05, 3.63) is 0 Å². The molecule has 0 aliphatic carbocycles. The average molecular weight is 145 g/mol. The SMILES string of the molecule is CC(=O)CC(=O)NCCO. The molecular formula is C6H11NO3. The molecule has 10 heavy (non-hydrogen) atoms. The van der Waals surface area contributed by atoms with Crippen molar-refractivity contribution in [2.24, 2.45) is 0 Å².